The summed E-state index contributed by atoms with van der Waals surface area (Å²) in [7, 11) is 4.22. The number of aromatic nitrogens is 1. The maximum atomic E-state index is 5.93. The van der Waals surface area contributed by atoms with Crippen molar-refractivity contribution in [1.82, 2.24) is 9.88 Å². The maximum Gasteiger partial charge on any atom is 0.139 e. The van der Waals surface area contributed by atoms with Crippen molar-refractivity contribution in [3.05, 3.63) is 22.9 Å². The highest BCUT2D eigenvalue weighted by Gasteiger charge is 2.29. The molecule has 2 N–H and O–H groups in total. The summed E-state index contributed by atoms with van der Waals surface area (Å²) < 4.78 is 0. The van der Waals surface area contributed by atoms with E-state index < -0.39 is 0 Å². The van der Waals surface area contributed by atoms with E-state index in [4.69, 9.17) is 22.9 Å². The van der Waals surface area contributed by atoms with E-state index in [2.05, 4.69) is 36.9 Å². The molecule has 0 spiro atoms. The minimum absolute atomic E-state index is 0.445. The van der Waals surface area contributed by atoms with E-state index in [0.717, 1.165) is 35.7 Å². The van der Waals surface area contributed by atoms with Crippen molar-refractivity contribution in [2.75, 3.05) is 32.1 Å². The third-order valence-electron chi connectivity index (χ3n) is 3.80. The third-order valence-corrected chi connectivity index (χ3v) is 4.00. The molecule has 4 nitrogen and oxygen atoms in total. The summed E-state index contributed by atoms with van der Waals surface area (Å²) in [4.78, 5) is 9.79. The van der Waals surface area contributed by atoms with E-state index in [1.807, 2.05) is 6.92 Å². The Morgan fingerprint density at radius 2 is 2.20 bits per heavy atom. The lowest BCUT2D eigenvalue weighted by Gasteiger charge is -2.30. The van der Waals surface area contributed by atoms with Gasteiger partial charge in [0.15, 0.2) is 0 Å². The number of anilines is 1. The van der Waals surface area contributed by atoms with Gasteiger partial charge in [-0.05, 0) is 52.4 Å². The monoisotopic (exact) mass is 292 g/mol. The highest BCUT2D eigenvalue weighted by atomic mass is 32.1. The molecule has 110 valence electrons. The SMILES string of the molecule is Cc1cc(C)c(C(N)=S)c(N2CCCC2CN(C)C)n1. The Labute approximate surface area is 127 Å². The highest BCUT2D eigenvalue weighted by Crippen LogP contribution is 2.29. The minimum atomic E-state index is 0.445. The van der Waals surface area contributed by atoms with E-state index in [1.54, 1.807) is 0 Å². The van der Waals surface area contributed by atoms with Gasteiger partial charge in [0.2, 0.25) is 0 Å². The molecule has 0 saturated carbocycles. The number of hydrogen-bond donors (Lipinski definition) is 1. The number of aryl methyl sites for hydroxylation is 2. The van der Waals surface area contributed by atoms with Gasteiger partial charge in [0.1, 0.15) is 10.8 Å². The highest BCUT2D eigenvalue weighted by molar-refractivity contribution is 7.80. The molecule has 0 bridgehead atoms. The van der Waals surface area contributed by atoms with Crippen LogP contribution in [-0.2, 0) is 0 Å². The van der Waals surface area contributed by atoms with Crippen LogP contribution in [0.4, 0.5) is 5.82 Å². The molecule has 1 aromatic rings. The van der Waals surface area contributed by atoms with Crippen LogP contribution in [0.5, 0.6) is 0 Å². The van der Waals surface area contributed by atoms with Crippen LogP contribution in [0, 0.1) is 13.8 Å². The largest absolute Gasteiger partial charge is 0.389 e. The second kappa shape index (κ2) is 6.06. The Kier molecular flexibility index (Phi) is 4.60. The van der Waals surface area contributed by atoms with Crippen molar-refractivity contribution >= 4 is 23.0 Å². The van der Waals surface area contributed by atoms with E-state index >= 15 is 0 Å². The summed E-state index contributed by atoms with van der Waals surface area (Å²) in [6, 6.07) is 2.54. The van der Waals surface area contributed by atoms with E-state index in [1.165, 1.54) is 12.8 Å². The Morgan fingerprint density at radius 3 is 2.80 bits per heavy atom. The van der Waals surface area contributed by atoms with Crippen LogP contribution in [0.15, 0.2) is 6.07 Å². The molecule has 2 rings (SSSR count). The first kappa shape index (κ1) is 15.2. The second-order valence-electron chi connectivity index (χ2n) is 5.90. The molecule has 0 amide bonds. The summed E-state index contributed by atoms with van der Waals surface area (Å²) >= 11 is 5.24. The quantitative estimate of drug-likeness (QED) is 0.858. The van der Waals surface area contributed by atoms with Crippen LogP contribution < -0.4 is 10.6 Å². The molecular weight excluding hydrogens is 268 g/mol. The zero-order valence-corrected chi connectivity index (χ0v) is 13.6. The Morgan fingerprint density at radius 1 is 1.50 bits per heavy atom. The Hall–Kier alpha value is -1.20. The average molecular weight is 292 g/mol. The summed E-state index contributed by atoms with van der Waals surface area (Å²) in [5.41, 5.74) is 9.02. The molecular formula is C15H24N4S. The van der Waals surface area contributed by atoms with Crippen LogP contribution in [0.3, 0.4) is 0 Å². The standard InChI is InChI=1S/C15H24N4S/c1-10-8-11(2)17-15(13(10)14(16)20)19-7-5-6-12(19)9-18(3)4/h8,12H,5-7,9H2,1-4H3,(H2,16,20). The Balaban J connectivity index is 2.43. The number of nitrogens with two attached hydrogens (primary N) is 1. The lowest BCUT2D eigenvalue weighted by Crippen LogP contribution is -2.39. The zero-order valence-electron chi connectivity index (χ0n) is 12.8. The summed E-state index contributed by atoms with van der Waals surface area (Å²) in [5, 5.41) is 0. The predicted octanol–water partition coefficient (Wildman–Crippen LogP) is 1.86. The molecule has 1 aliphatic heterocycles. The fourth-order valence-electron chi connectivity index (χ4n) is 3.06. The Bertz CT molecular complexity index is 513. The number of pyridine rings is 1. The van der Waals surface area contributed by atoms with Crippen molar-refractivity contribution < 1.29 is 0 Å². The van der Waals surface area contributed by atoms with Gasteiger partial charge in [-0.1, -0.05) is 12.2 Å². The van der Waals surface area contributed by atoms with Gasteiger partial charge in [0.05, 0.1) is 5.56 Å². The number of thiocarbonyl (C=S) groups is 1. The third kappa shape index (κ3) is 3.10. The summed E-state index contributed by atoms with van der Waals surface area (Å²) in [6.07, 6.45) is 2.40. The first-order valence-corrected chi connectivity index (χ1v) is 7.50. The number of hydrogen-bond acceptors (Lipinski definition) is 4. The van der Waals surface area contributed by atoms with Crippen LogP contribution in [0.25, 0.3) is 0 Å². The molecule has 0 aliphatic carbocycles. The van der Waals surface area contributed by atoms with Crippen molar-refractivity contribution in [2.45, 2.75) is 32.7 Å². The van der Waals surface area contributed by atoms with Crippen molar-refractivity contribution in [3.8, 4) is 0 Å². The van der Waals surface area contributed by atoms with Crippen molar-refractivity contribution in [1.29, 1.82) is 0 Å². The van der Waals surface area contributed by atoms with Gasteiger partial charge in [0, 0.05) is 24.8 Å². The van der Waals surface area contributed by atoms with Gasteiger partial charge in [-0.25, -0.2) is 4.98 Å². The van der Waals surface area contributed by atoms with Gasteiger partial charge in [-0.2, -0.15) is 0 Å². The lowest BCUT2D eigenvalue weighted by molar-refractivity contribution is 0.371. The van der Waals surface area contributed by atoms with E-state index in [9.17, 15) is 0 Å². The van der Waals surface area contributed by atoms with E-state index in [-0.39, 0.29) is 0 Å². The van der Waals surface area contributed by atoms with Gasteiger partial charge >= 0.3 is 0 Å². The molecule has 20 heavy (non-hydrogen) atoms. The van der Waals surface area contributed by atoms with Gasteiger partial charge in [0.25, 0.3) is 0 Å². The van der Waals surface area contributed by atoms with Crippen molar-refractivity contribution in [3.63, 3.8) is 0 Å². The molecule has 1 aliphatic rings. The summed E-state index contributed by atoms with van der Waals surface area (Å²) in [6.45, 7) is 6.15. The first-order valence-electron chi connectivity index (χ1n) is 7.09. The molecule has 0 radical (unpaired) electrons. The number of nitrogens with zero attached hydrogens (tertiary/aromatic N) is 3. The molecule has 1 fully saturated rings. The van der Waals surface area contributed by atoms with Gasteiger partial charge in [-0.3, -0.25) is 0 Å². The number of likely N-dealkylation sites (N-methyl/N-ethyl adjacent to an activating group) is 1. The minimum Gasteiger partial charge on any atom is -0.389 e. The molecule has 5 heteroatoms. The topological polar surface area (TPSA) is 45.4 Å². The molecule has 1 saturated heterocycles. The lowest BCUT2D eigenvalue weighted by atomic mass is 10.1. The number of rotatable bonds is 4. The van der Waals surface area contributed by atoms with Gasteiger partial charge < -0.3 is 15.5 Å². The van der Waals surface area contributed by atoms with Crippen LogP contribution in [-0.4, -0.2) is 48.1 Å². The average Bonchev–Trinajstić information content (AvgIpc) is 2.74. The van der Waals surface area contributed by atoms with Gasteiger partial charge in [-0.15, -0.1) is 0 Å². The predicted molar refractivity (Wildman–Crippen MR) is 88.5 cm³/mol. The fourth-order valence-corrected chi connectivity index (χ4v) is 3.31. The molecule has 1 aromatic heterocycles. The normalized spacial score (nSPS) is 18.9. The van der Waals surface area contributed by atoms with Crippen LogP contribution in [0.1, 0.15) is 29.7 Å². The zero-order chi connectivity index (χ0) is 14.9. The first-order chi connectivity index (χ1) is 9.40. The summed E-state index contributed by atoms with van der Waals surface area (Å²) in [5.74, 6) is 0.972. The van der Waals surface area contributed by atoms with Crippen LogP contribution in [0.2, 0.25) is 0 Å². The van der Waals surface area contributed by atoms with Crippen LogP contribution >= 0.6 is 12.2 Å². The second-order valence-corrected chi connectivity index (χ2v) is 6.33. The molecule has 1 unspecified atom stereocenters. The molecule has 2 heterocycles. The fraction of sp³-hybridized carbons (Fsp3) is 0.600. The molecule has 0 aromatic carbocycles. The maximum absolute atomic E-state index is 5.93. The smallest absolute Gasteiger partial charge is 0.139 e. The molecule has 1 atom stereocenters. The van der Waals surface area contributed by atoms with Crippen molar-refractivity contribution in [2.24, 2.45) is 5.73 Å². The van der Waals surface area contributed by atoms with E-state index in [0.29, 0.717) is 11.0 Å².